The maximum atomic E-state index is 13.0. The summed E-state index contributed by atoms with van der Waals surface area (Å²) in [5.41, 5.74) is 0. The van der Waals surface area contributed by atoms with Crippen molar-refractivity contribution in [3.05, 3.63) is 53.7 Å². The Morgan fingerprint density at radius 1 is 1.04 bits per heavy atom. The lowest BCUT2D eigenvalue weighted by Gasteiger charge is -2.23. The molecule has 1 aromatic heterocycles. The van der Waals surface area contributed by atoms with Crippen LogP contribution in [-0.2, 0) is 16.6 Å². The molecule has 0 bridgehead atoms. The van der Waals surface area contributed by atoms with Gasteiger partial charge in [0, 0.05) is 13.1 Å². The molecule has 23 heavy (non-hydrogen) atoms. The number of furan rings is 1. The van der Waals surface area contributed by atoms with Crippen LogP contribution in [0.25, 0.3) is 0 Å². The Morgan fingerprint density at radius 3 is 2.22 bits per heavy atom. The van der Waals surface area contributed by atoms with Crippen LogP contribution in [0.2, 0.25) is 0 Å². The van der Waals surface area contributed by atoms with Crippen LogP contribution in [0.4, 0.5) is 4.39 Å². The lowest BCUT2D eigenvalue weighted by atomic mass is 10.4. The minimum atomic E-state index is -3.72. The van der Waals surface area contributed by atoms with E-state index in [1.54, 1.807) is 12.1 Å². The van der Waals surface area contributed by atoms with Crippen molar-refractivity contribution in [1.29, 1.82) is 0 Å². The summed E-state index contributed by atoms with van der Waals surface area (Å²) >= 11 is 0. The van der Waals surface area contributed by atoms with E-state index in [-0.39, 0.29) is 11.4 Å². The van der Waals surface area contributed by atoms with Crippen LogP contribution in [0.5, 0.6) is 0 Å². The van der Waals surface area contributed by atoms with E-state index >= 15 is 0 Å². The number of sulfonamides is 1. The number of hydrogen-bond acceptors (Lipinski definition) is 4. The minimum absolute atomic E-state index is 0.0703. The van der Waals surface area contributed by atoms with Gasteiger partial charge in [-0.15, -0.1) is 0 Å². The van der Waals surface area contributed by atoms with Crippen molar-refractivity contribution in [2.24, 2.45) is 0 Å². The van der Waals surface area contributed by atoms with Crippen molar-refractivity contribution in [3.63, 3.8) is 0 Å². The maximum absolute atomic E-state index is 13.0. The standard InChI is InChI=1S/C16H21FN2O3S/c1-13-4-7-15(22-13)12-19(11-10-18(2)3)23(20,21)16-8-5-14(17)6-9-16/h4-9H,10-12H2,1-3H3. The van der Waals surface area contributed by atoms with Gasteiger partial charge in [0.1, 0.15) is 17.3 Å². The van der Waals surface area contributed by atoms with E-state index in [2.05, 4.69) is 0 Å². The van der Waals surface area contributed by atoms with Crippen LogP contribution >= 0.6 is 0 Å². The van der Waals surface area contributed by atoms with Gasteiger partial charge in [-0.25, -0.2) is 12.8 Å². The van der Waals surface area contributed by atoms with E-state index in [9.17, 15) is 12.8 Å². The van der Waals surface area contributed by atoms with Gasteiger partial charge in [-0.2, -0.15) is 4.31 Å². The molecular weight excluding hydrogens is 319 g/mol. The number of hydrogen-bond donors (Lipinski definition) is 0. The predicted molar refractivity (Wildman–Crippen MR) is 86.0 cm³/mol. The Kier molecular flexibility index (Phi) is 5.56. The van der Waals surface area contributed by atoms with Gasteiger partial charge in [0.2, 0.25) is 10.0 Å². The molecule has 0 saturated heterocycles. The highest BCUT2D eigenvalue weighted by molar-refractivity contribution is 7.89. The van der Waals surface area contributed by atoms with Crippen molar-refractivity contribution in [1.82, 2.24) is 9.21 Å². The first kappa shape index (κ1) is 17.7. The SMILES string of the molecule is Cc1ccc(CN(CCN(C)C)S(=O)(=O)c2ccc(F)cc2)o1. The number of benzene rings is 1. The monoisotopic (exact) mass is 340 g/mol. The third kappa shape index (κ3) is 4.63. The second kappa shape index (κ2) is 7.25. The zero-order valence-electron chi connectivity index (χ0n) is 13.5. The molecule has 2 rings (SSSR count). The molecule has 5 nitrogen and oxygen atoms in total. The molecule has 2 aromatic rings. The highest BCUT2D eigenvalue weighted by Gasteiger charge is 2.25. The third-order valence-corrected chi connectivity index (χ3v) is 5.24. The molecule has 0 atom stereocenters. The second-order valence-electron chi connectivity index (χ2n) is 5.61. The molecule has 0 unspecified atom stereocenters. The van der Waals surface area contributed by atoms with Crippen LogP contribution in [0.15, 0.2) is 45.7 Å². The van der Waals surface area contributed by atoms with Gasteiger partial charge in [-0.3, -0.25) is 0 Å². The molecular formula is C16H21FN2O3S. The van der Waals surface area contributed by atoms with Gasteiger partial charge in [0.25, 0.3) is 0 Å². The second-order valence-corrected chi connectivity index (χ2v) is 7.55. The lowest BCUT2D eigenvalue weighted by molar-refractivity contribution is 0.310. The number of likely N-dealkylation sites (N-methyl/N-ethyl adjacent to an activating group) is 1. The summed E-state index contributed by atoms with van der Waals surface area (Å²) in [5, 5.41) is 0. The molecule has 0 spiro atoms. The molecule has 0 radical (unpaired) electrons. The maximum Gasteiger partial charge on any atom is 0.243 e. The van der Waals surface area contributed by atoms with E-state index in [0.29, 0.717) is 18.8 Å². The molecule has 126 valence electrons. The first-order chi connectivity index (χ1) is 10.8. The van der Waals surface area contributed by atoms with E-state index in [1.165, 1.54) is 16.4 Å². The minimum Gasteiger partial charge on any atom is -0.465 e. The summed E-state index contributed by atoms with van der Waals surface area (Å²) in [6, 6.07) is 8.41. The smallest absolute Gasteiger partial charge is 0.243 e. The fourth-order valence-electron chi connectivity index (χ4n) is 2.10. The summed E-state index contributed by atoms with van der Waals surface area (Å²) in [4.78, 5) is 1.97. The number of aryl methyl sites for hydroxylation is 1. The lowest BCUT2D eigenvalue weighted by Crippen LogP contribution is -2.36. The van der Waals surface area contributed by atoms with Gasteiger partial charge >= 0.3 is 0 Å². The molecule has 0 N–H and O–H groups in total. The molecule has 0 aliphatic rings. The summed E-state index contributed by atoms with van der Waals surface area (Å²) in [6.45, 7) is 2.83. The zero-order chi connectivity index (χ0) is 17.0. The van der Waals surface area contributed by atoms with Crippen molar-refractivity contribution >= 4 is 10.0 Å². The molecule has 0 aliphatic carbocycles. The largest absolute Gasteiger partial charge is 0.465 e. The predicted octanol–water partition coefficient (Wildman–Crippen LogP) is 2.48. The van der Waals surface area contributed by atoms with Crippen molar-refractivity contribution < 1.29 is 17.2 Å². The average molecular weight is 340 g/mol. The van der Waals surface area contributed by atoms with Gasteiger partial charge < -0.3 is 9.32 Å². The normalized spacial score (nSPS) is 12.3. The molecule has 0 aliphatic heterocycles. The number of nitrogens with zero attached hydrogens (tertiary/aromatic N) is 2. The molecule has 1 heterocycles. The Balaban J connectivity index is 2.28. The van der Waals surface area contributed by atoms with E-state index in [1.807, 2.05) is 25.9 Å². The van der Waals surface area contributed by atoms with E-state index in [0.717, 1.165) is 17.9 Å². The molecule has 0 fully saturated rings. The summed E-state index contributed by atoms with van der Waals surface area (Å²) in [6.07, 6.45) is 0. The van der Waals surface area contributed by atoms with Crippen LogP contribution in [0.3, 0.4) is 0 Å². The van der Waals surface area contributed by atoms with Crippen molar-refractivity contribution in [2.75, 3.05) is 27.2 Å². The fraction of sp³-hybridized carbons (Fsp3) is 0.375. The Bertz CT molecular complexity index is 739. The third-order valence-electron chi connectivity index (χ3n) is 3.38. The highest BCUT2D eigenvalue weighted by atomic mass is 32.2. The summed E-state index contributed by atoms with van der Waals surface area (Å²) in [7, 11) is 0.0270. The number of halogens is 1. The Hall–Kier alpha value is -1.70. The van der Waals surface area contributed by atoms with Gasteiger partial charge in [0.05, 0.1) is 11.4 Å². The van der Waals surface area contributed by atoms with Crippen LogP contribution < -0.4 is 0 Å². The topological polar surface area (TPSA) is 53.8 Å². The Morgan fingerprint density at radius 2 is 1.70 bits per heavy atom. The van der Waals surface area contributed by atoms with Gasteiger partial charge in [-0.1, -0.05) is 0 Å². The van der Waals surface area contributed by atoms with Crippen LogP contribution in [-0.4, -0.2) is 44.8 Å². The first-order valence-electron chi connectivity index (χ1n) is 7.25. The molecule has 0 saturated carbocycles. The molecule has 0 amide bonds. The fourth-order valence-corrected chi connectivity index (χ4v) is 3.49. The van der Waals surface area contributed by atoms with Crippen LogP contribution in [0, 0.1) is 12.7 Å². The summed E-state index contributed by atoms with van der Waals surface area (Å²) in [5.74, 6) is 0.837. The highest BCUT2D eigenvalue weighted by Crippen LogP contribution is 2.19. The van der Waals surface area contributed by atoms with Crippen molar-refractivity contribution in [2.45, 2.75) is 18.4 Å². The van der Waals surface area contributed by atoms with E-state index in [4.69, 9.17) is 4.42 Å². The summed E-state index contributed by atoms with van der Waals surface area (Å²) < 4.78 is 45.5. The van der Waals surface area contributed by atoms with Gasteiger partial charge in [-0.05, 0) is 57.4 Å². The Labute approximate surface area is 136 Å². The van der Waals surface area contributed by atoms with Crippen molar-refractivity contribution in [3.8, 4) is 0 Å². The number of rotatable bonds is 7. The molecule has 1 aromatic carbocycles. The zero-order valence-corrected chi connectivity index (χ0v) is 14.3. The molecule has 7 heteroatoms. The van der Waals surface area contributed by atoms with Crippen LogP contribution in [0.1, 0.15) is 11.5 Å². The first-order valence-corrected chi connectivity index (χ1v) is 8.69. The van der Waals surface area contributed by atoms with E-state index < -0.39 is 15.8 Å². The average Bonchev–Trinajstić information content (AvgIpc) is 2.89. The quantitative estimate of drug-likeness (QED) is 0.777. The van der Waals surface area contributed by atoms with Gasteiger partial charge in [0.15, 0.2) is 0 Å².